The summed E-state index contributed by atoms with van der Waals surface area (Å²) >= 11 is 0. The van der Waals surface area contributed by atoms with Crippen LogP contribution in [0.25, 0.3) is 0 Å². The maximum atomic E-state index is 11.2. The molecule has 6 nitrogen and oxygen atoms in total. The van der Waals surface area contributed by atoms with Gasteiger partial charge in [0.15, 0.2) is 0 Å². The van der Waals surface area contributed by atoms with Crippen molar-refractivity contribution in [3.8, 4) is 5.75 Å². The van der Waals surface area contributed by atoms with Gasteiger partial charge in [0.05, 0.1) is 12.0 Å². The number of phenolic OH excluding ortho intramolecular Hbond substituents is 1. The van der Waals surface area contributed by atoms with Crippen molar-refractivity contribution in [2.75, 3.05) is 7.11 Å². The standard InChI is InChI=1S/C9H9NO5/c1-5-3-6(9(12)15-2)8(11)7(4-5)10(13)14/h3-4,11H,1-2H3. The zero-order valence-electron chi connectivity index (χ0n) is 8.18. The van der Waals surface area contributed by atoms with E-state index in [1.54, 1.807) is 6.92 Å². The second-order valence-electron chi connectivity index (χ2n) is 2.93. The summed E-state index contributed by atoms with van der Waals surface area (Å²) in [5.74, 6) is -1.48. The molecule has 0 aliphatic heterocycles. The SMILES string of the molecule is COC(=O)c1cc(C)cc([N+](=O)[O-])c1O. The number of hydrogen-bond donors (Lipinski definition) is 1. The number of ether oxygens (including phenoxy) is 1. The monoisotopic (exact) mass is 211 g/mol. The normalized spacial score (nSPS) is 9.73. The average molecular weight is 211 g/mol. The summed E-state index contributed by atoms with van der Waals surface area (Å²) < 4.78 is 4.39. The third-order valence-electron chi connectivity index (χ3n) is 1.84. The van der Waals surface area contributed by atoms with Gasteiger partial charge in [-0.3, -0.25) is 10.1 Å². The van der Waals surface area contributed by atoms with E-state index in [1.807, 2.05) is 0 Å². The van der Waals surface area contributed by atoms with Gasteiger partial charge in [-0.15, -0.1) is 0 Å². The highest BCUT2D eigenvalue weighted by Crippen LogP contribution is 2.31. The van der Waals surface area contributed by atoms with E-state index in [2.05, 4.69) is 4.74 Å². The van der Waals surface area contributed by atoms with Gasteiger partial charge >= 0.3 is 11.7 Å². The molecule has 0 spiro atoms. The van der Waals surface area contributed by atoms with Crippen LogP contribution >= 0.6 is 0 Å². The van der Waals surface area contributed by atoms with Crippen molar-refractivity contribution in [2.24, 2.45) is 0 Å². The predicted molar refractivity (Wildman–Crippen MR) is 50.8 cm³/mol. The third kappa shape index (κ3) is 2.04. The molecule has 0 aromatic heterocycles. The number of esters is 1. The molecule has 6 heteroatoms. The summed E-state index contributed by atoms with van der Waals surface area (Å²) in [6, 6.07) is 2.51. The molecule has 80 valence electrons. The molecule has 0 aliphatic rings. The Morgan fingerprint density at radius 2 is 2.13 bits per heavy atom. The number of phenols is 1. The lowest BCUT2D eigenvalue weighted by molar-refractivity contribution is -0.385. The molecule has 1 N–H and O–H groups in total. The van der Waals surface area contributed by atoms with E-state index >= 15 is 0 Å². The number of nitro groups is 1. The van der Waals surface area contributed by atoms with Gasteiger partial charge in [0.25, 0.3) is 0 Å². The van der Waals surface area contributed by atoms with E-state index in [4.69, 9.17) is 0 Å². The lowest BCUT2D eigenvalue weighted by Gasteiger charge is -2.04. The fourth-order valence-corrected chi connectivity index (χ4v) is 1.16. The van der Waals surface area contributed by atoms with Crippen molar-refractivity contribution < 1.29 is 19.6 Å². The first kappa shape index (κ1) is 11.0. The number of methoxy groups -OCH3 is 1. The van der Waals surface area contributed by atoms with E-state index in [9.17, 15) is 20.0 Å². The highest BCUT2D eigenvalue weighted by atomic mass is 16.6. The Kier molecular flexibility index (Phi) is 2.89. The van der Waals surface area contributed by atoms with E-state index < -0.39 is 22.3 Å². The lowest BCUT2D eigenvalue weighted by atomic mass is 10.1. The summed E-state index contributed by atoms with van der Waals surface area (Å²) in [6.45, 7) is 1.58. The molecule has 0 heterocycles. The third-order valence-corrected chi connectivity index (χ3v) is 1.84. The van der Waals surface area contributed by atoms with Gasteiger partial charge in [-0.05, 0) is 18.6 Å². The molecule has 1 aromatic carbocycles. The molecule has 0 saturated carbocycles. The number of aryl methyl sites for hydroxylation is 1. The van der Waals surface area contributed by atoms with Crippen LogP contribution in [0.5, 0.6) is 5.75 Å². The minimum absolute atomic E-state index is 0.204. The van der Waals surface area contributed by atoms with Gasteiger partial charge in [0.1, 0.15) is 5.56 Å². The second kappa shape index (κ2) is 3.95. The largest absolute Gasteiger partial charge is 0.501 e. The summed E-state index contributed by atoms with van der Waals surface area (Å²) in [4.78, 5) is 20.9. The zero-order chi connectivity index (χ0) is 11.6. The van der Waals surface area contributed by atoms with Gasteiger partial charge in [-0.1, -0.05) is 0 Å². The maximum Gasteiger partial charge on any atom is 0.341 e. The molecule has 0 amide bonds. The molecule has 0 fully saturated rings. The Labute approximate surface area is 85.2 Å². The number of carbonyl (C=O) groups is 1. The summed E-state index contributed by atoms with van der Waals surface area (Å²) in [7, 11) is 1.13. The minimum atomic E-state index is -0.806. The quantitative estimate of drug-likeness (QED) is 0.453. The first-order chi connectivity index (χ1) is 6.97. The van der Waals surface area contributed by atoms with Crippen LogP contribution in [0.2, 0.25) is 0 Å². The van der Waals surface area contributed by atoms with Crippen LogP contribution in [0.1, 0.15) is 15.9 Å². The number of carbonyl (C=O) groups excluding carboxylic acids is 1. The molecule has 1 rings (SSSR count). The molecule has 0 atom stereocenters. The van der Waals surface area contributed by atoms with Crippen molar-refractivity contribution in [1.29, 1.82) is 0 Å². The molecule has 0 bridgehead atoms. The van der Waals surface area contributed by atoms with E-state index in [0.717, 1.165) is 7.11 Å². The average Bonchev–Trinajstić information content (AvgIpc) is 2.19. The van der Waals surface area contributed by atoms with Crippen LogP contribution in [0.15, 0.2) is 12.1 Å². The molecular formula is C9H9NO5. The highest BCUT2D eigenvalue weighted by molar-refractivity contribution is 5.94. The molecule has 0 saturated heterocycles. The molecule has 0 unspecified atom stereocenters. The van der Waals surface area contributed by atoms with Crippen molar-refractivity contribution in [1.82, 2.24) is 0 Å². The summed E-state index contributed by atoms with van der Waals surface area (Å²) in [5.41, 5.74) is -0.209. The smallest absolute Gasteiger partial charge is 0.341 e. The summed E-state index contributed by atoms with van der Waals surface area (Å²) in [6.07, 6.45) is 0. The van der Waals surface area contributed by atoms with Crippen LogP contribution < -0.4 is 0 Å². The number of nitrogens with zero attached hydrogens (tertiary/aromatic N) is 1. The highest BCUT2D eigenvalue weighted by Gasteiger charge is 2.22. The minimum Gasteiger partial charge on any atom is -0.501 e. The van der Waals surface area contributed by atoms with Crippen molar-refractivity contribution in [2.45, 2.75) is 6.92 Å². The Balaban J connectivity index is 3.41. The van der Waals surface area contributed by atoms with Gasteiger partial charge in [0.2, 0.25) is 5.75 Å². The number of benzene rings is 1. The number of rotatable bonds is 2. The molecule has 0 aliphatic carbocycles. The zero-order valence-corrected chi connectivity index (χ0v) is 8.18. The van der Waals surface area contributed by atoms with Crippen molar-refractivity contribution in [3.63, 3.8) is 0 Å². The van der Waals surface area contributed by atoms with Crippen LogP contribution in [0, 0.1) is 17.0 Å². The fraction of sp³-hybridized carbons (Fsp3) is 0.222. The molecular weight excluding hydrogens is 202 g/mol. The van der Waals surface area contributed by atoms with Gasteiger partial charge in [-0.25, -0.2) is 4.79 Å². The second-order valence-corrected chi connectivity index (χ2v) is 2.93. The molecule has 15 heavy (non-hydrogen) atoms. The van der Waals surface area contributed by atoms with Gasteiger partial charge < -0.3 is 9.84 Å². The molecule has 1 aromatic rings. The van der Waals surface area contributed by atoms with Gasteiger partial charge in [0, 0.05) is 6.07 Å². The predicted octanol–water partition coefficient (Wildman–Crippen LogP) is 1.40. The first-order valence-corrected chi connectivity index (χ1v) is 4.03. The van der Waals surface area contributed by atoms with Crippen molar-refractivity contribution in [3.05, 3.63) is 33.4 Å². The number of nitro benzene ring substituents is 1. The molecule has 0 radical (unpaired) electrons. The first-order valence-electron chi connectivity index (χ1n) is 4.03. The van der Waals surface area contributed by atoms with Crippen molar-refractivity contribution >= 4 is 11.7 Å². The number of hydrogen-bond acceptors (Lipinski definition) is 5. The van der Waals surface area contributed by atoms with E-state index in [1.165, 1.54) is 12.1 Å². The van der Waals surface area contributed by atoms with Crippen LogP contribution in [0.4, 0.5) is 5.69 Å². The van der Waals surface area contributed by atoms with E-state index in [-0.39, 0.29) is 5.56 Å². The fourth-order valence-electron chi connectivity index (χ4n) is 1.16. The van der Waals surface area contributed by atoms with Crippen LogP contribution in [-0.2, 0) is 4.74 Å². The van der Waals surface area contributed by atoms with Crippen LogP contribution in [-0.4, -0.2) is 23.1 Å². The Bertz CT molecular complexity index is 427. The van der Waals surface area contributed by atoms with Crippen LogP contribution in [0.3, 0.4) is 0 Å². The summed E-state index contributed by atoms with van der Waals surface area (Å²) in [5, 5.41) is 20.0. The Morgan fingerprint density at radius 3 is 2.60 bits per heavy atom. The maximum absolute atomic E-state index is 11.2. The number of aromatic hydroxyl groups is 1. The lowest BCUT2D eigenvalue weighted by Crippen LogP contribution is -2.03. The van der Waals surface area contributed by atoms with Gasteiger partial charge in [-0.2, -0.15) is 0 Å². The Morgan fingerprint density at radius 1 is 1.53 bits per heavy atom. The van der Waals surface area contributed by atoms with E-state index in [0.29, 0.717) is 5.56 Å². The topological polar surface area (TPSA) is 89.7 Å². The Hall–Kier alpha value is -2.11.